The Morgan fingerprint density at radius 1 is 1.08 bits per heavy atom. The van der Waals surface area contributed by atoms with Gasteiger partial charge in [-0.3, -0.25) is 14.9 Å². The van der Waals surface area contributed by atoms with Crippen molar-refractivity contribution in [2.75, 3.05) is 18.0 Å². The van der Waals surface area contributed by atoms with Gasteiger partial charge in [0.15, 0.2) is 0 Å². The summed E-state index contributed by atoms with van der Waals surface area (Å²) in [6.45, 7) is 5.72. The normalized spacial score (nSPS) is 21.4. The molecule has 1 unspecified atom stereocenters. The summed E-state index contributed by atoms with van der Waals surface area (Å²) >= 11 is 0. The molecule has 0 saturated carbocycles. The van der Waals surface area contributed by atoms with Crippen LogP contribution in [0.15, 0.2) is 12.1 Å². The molecule has 3 rings (SSSR count). The molecule has 0 spiro atoms. The van der Waals surface area contributed by atoms with Crippen LogP contribution in [0.5, 0.6) is 0 Å². The third kappa shape index (κ3) is 4.21. The maximum Gasteiger partial charge on any atom is 0.234 e. The van der Waals surface area contributed by atoms with E-state index in [-0.39, 0.29) is 18.4 Å². The smallest absolute Gasteiger partial charge is 0.234 e. The van der Waals surface area contributed by atoms with E-state index >= 15 is 0 Å². The fraction of sp³-hybridized carbons (Fsp3) is 0.500. The van der Waals surface area contributed by atoms with Crippen molar-refractivity contribution in [3.63, 3.8) is 0 Å². The highest BCUT2D eigenvalue weighted by Crippen LogP contribution is 2.33. The lowest BCUT2D eigenvalue weighted by atomic mass is 9.89. The summed E-state index contributed by atoms with van der Waals surface area (Å²) in [5.74, 6) is -2.77. The number of anilines is 1. The summed E-state index contributed by atoms with van der Waals surface area (Å²) in [6.07, 6.45) is 2.23. The fourth-order valence-corrected chi connectivity index (χ4v) is 3.32. The number of amides is 2. The van der Waals surface area contributed by atoms with Crippen molar-refractivity contribution in [1.82, 2.24) is 5.32 Å². The Labute approximate surface area is 145 Å². The molecule has 7 heteroatoms. The van der Waals surface area contributed by atoms with Gasteiger partial charge >= 0.3 is 0 Å². The van der Waals surface area contributed by atoms with Gasteiger partial charge in [-0.05, 0) is 37.3 Å². The molecular weight excluding hydrogens is 330 g/mol. The van der Waals surface area contributed by atoms with Crippen LogP contribution in [-0.4, -0.2) is 31.7 Å². The first-order chi connectivity index (χ1) is 12.0. The maximum atomic E-state index is 14.5. The Kier molecular flexibility index (Phi) is 6.22. The molecule has 0 radical (unpaired) electrons. The number of halogens is 2. The minimum Gasteiger partial charge on any atom is -0.371 e. The Balaban J connectivity index is 0.00000109. The van der Waals surface area contributed by atoms with Gasteiger partial charge in [-0.25, -0.2) is 8.78 Å². The molecule has 0 aliphatic carbocycles. The van der Waals surface area contributed by atoms with Crippen molar-refractivity contribution in [3.8, 4) is 0 Å². The Hall–Kier alpha value is -2.31. The number of benzene rings is 1. The van der Waals surface area contributed by atoms with Crippen LogP contribution in [0.2, 0.25) is 0 Å². The maximum absolute atomic E-state index is 14.5. The van der Waals surface area contributed by atoms with E-state index in [1.807, 2.05) is 11.7 Å². The van der Waals surface area contributed by atoms with Crippen molar-refractivity contribution in [2.45, 2.75) is 38.5 Å². The van der Waals surface area contributed by atoms with E-state index in [1.54, 1.807) is 0 Å². The van der Waals surface area contributed by atoms with E-state index in [0.717, 1.165) is 25.9 Å². The first-order valence-corrected chi connectivity index (χ1v) is 8.32. The number of hydrogen-bond donors (Lipinski definition) is 1. The molecule has 2 heterocycles. The number of carbonyl (C=O) groups excluding carboxylic acids is 3. The molecule has 1 atom stereocenters. The molecule has 2 aliphatic rings. The highest BCUT2D eigenvalue weighted by molar-refractivity contribution is 6.01. The van der Waals surface area contributed by atoms with Gasteiger partial charge in [-0.15, -0.1) is 0 Å². The van der Waals surface area contributed by atoms with Crippen LogP contribution < -0.4 is 10.2 Å². The van der Waals surface area contributed by atoms with Crippen LogP contribution in [-0.2, 0) is 14.4 Å². The van der Waals surface area contributed by atoms with Gasteiger partial charge < -0.3 is 9.69 Å². The lowest BCUT2D eigenvalue weighted by Crippen LogP contribution is -2.40. The van der Waals surface area contributed by atoms with Gasteiger partial charge in [0.2, 0.25) is 11.8 Å². The number of carbonyl (C=O) groups is 3. The van der Waals surface area contributed by atoms with E-state index in [9.17, 15) is 18.4 Å². The molecule has 5 nitrogen and oxygen atoms in total. The second kappa shape index (κ2) is 8.18. The fourth-order valence-electron chi connectivity index (χ4n) is 3.32. The number of rotatable bonds is 2. The quantitative estimate of drug-likeness (QED) is 0.831. The van der Waals surface area contributed by atoms with Crippen LogP contribution in [0.1, 0.15) is 44.1 Å². The van der Waals surface area contributed by atoms with Crippen LogP contribution in [0.4, 0.5) is 14.5 Å². The second-order valence-corrected chi connectivity index (χ2v) is 6.50. The predicted octanol–water partition coefficient (Wildman–Crippen LogP) is 2.54. The van der Waals surface area contributed by atoms with E-state index in [2.05, 4.69) is 12.2 Å². The van der Waals surface area contributed by atoms with Gasteiger partial charge in [0.25, 0.3) is 0 Å². The molecule has 2 aliphatic heterocycles. The van der Waals surface area contributed by atoms with Crippen molar-refractivity contribution < 1.29 is 23.2 Å². The zero-order chi connectivity index (χ0) is 18.6. The van der Waals surface area contributed by atoms with Gasteiger partial charge in [-0.2, -0.15) is 0 Å². The van der Waals surface area contributed by atoms with Crippen LogP contribution >= 0.6 is 0 Å². The molecule has 1 aromatic rings. The van der Waals surface area contributed by atoms with E-state index in [0.29, 0.717) is 11.6 Å². The Morgan fingerprint density at radius 2 is 1.64 bits per heavy atom. The highest BCUT2D eigenvalue weighted by Gasteiger charge is 2.33. The van der Waals surface area contributed by atoms with Gasteiger partial charge in [0.05, 0.1) is 5.92 Å². The topological polar surface area (TPSA) is 66.5 Å². The summed E-state index contributed by atoms with van der Waals surface area (Å²) in [7, 11) is 0. The number of hydrogen-bond acceptors (Lipinski definition) is 4. The van der Waals surface area contributed by atoms with Crippen LogP contribution in [0.25, 0.3) is 0 Å². The van der Waals surface area contributed by atoms with Gasteiger partial charge in [0.1, 0.15) is 18.4 Å². The average molecular weight is 352 g/mol. The molecule has 2 amide bonds. The van der Waals surface area contributed by atoms with Crippen molar-refractivity contribution in [2.24, 2.45) is 5.92 Å². The van der Waals surface area contributed by atoms with Crippen molar-refractivity contribution >= 4 is 24.3 Å². The standard InChI is InChI=1S/C17H20F2N2O2.CH2O/c1-10-4-6-21(7-5-10)11-8-13(18)16(14(19)9-11)12-2-3-15(22)20-17(12)23;1-2/h8-10,12H,2-7H2,1H3,(H,20,22,23);1H2. The summed E-state index contributed by atoms with van der Waals surface area (Å²) in [5, 5.41) is 2.14. The van der Waals surface area contributed by atoms with Crippen LogP contribution in [0, 0.1) is 17.6 Å². The molecule has 1 aromatic carbocycles. The van der Waals surface area contributed by atoms with Crippen molar-refractivity contribution in [3.05, 3.63) is 29.3 Å². The number of nitrogens with zero attached hydrogens (tertiary/aromatic N) is 1. The zero-order valence-corrected chi connectivity index (χ0v) is 14.2. The third-order valence-corrected chi connectivity index (χ3v) is 4.80. The molecule has 2 fully saturated rings. The monoisotopic (exact) mass is 352 g/mol. The highest BCUT2D eigenvalue weighted by atomic mass is 19.1. The average Bonchev–Trinajstić information content (AvgIpc) is 2.58. The van der Waals surface area contributed by atoms with Crippen molar-refractivity contribution in [1.29, 1.82) is 0 Å². The molecule has 0 aromatic heterocycles. The molecule has 0 bridgehead atoms. The first kappa shape index (κ1) is 19.0. The van der Waals surface area contributed by atoms with E-state index < -0.39 is 29.4 Å². The summed E-state index contributed by atoms with van der Waals surface area (Å²) in [4.78, 5) is 33.0. The lowest BCUT2D eigenvalue weighted by molar-refractivity contribution is -0.134. The van der Waals surface area contributed by atoms with Gasteiger partial charge in [-0.1, -0.05) is 6.92 Å². The SMILES string of the molecule is C=O.CC1CCN(c2cc(F)c(C3CCC(=O)NC3=O)c(F)c2)CC1. The second-order valence-electron chi connectivity index (χ2n) is 6.50. The summed E-state index contributed by atoms with van der Waals surface area (Å²) in [5.41, 5.74) is 0.284. The van der Waals surface area contributed by atoms with Gasteiger partial charge in [0, 0.05) is 30.8 Å². The molecule has 136 valence electrons. The number of nitrogens with one attached hydrogen (secondary N) is 1. The first-order valence-electron chi connectivity index (χ1n) is 8.32. The third-order valence-electron chi connectivity index (χ3n) is 4.80. The predicted molar refractivity (Wildman–Crippen MR) is 89.2 cm³/mol. The van der Waals surface area contributed by atoms with E-state index in [4.69, 9.17) is 4.79 Å². The number of piperidine rings is 2. The zero-order valence-electron chi connectivity index (χ0n) is 14.2. The largest absolute Gasteiger partial charge is 0.371 e. The minimum absolute atomic E-state index is 0.0983. The summed E-state index contributed by atoms with van der Waals surface area (Å²) < 4.78 is 28.9. The number of imide groups is 1. The molecule has 1 N–H and O–H groups in total. The minimum atomic E-state index is -0.942. The Morgan fingerprint density at radius 3 is 2.16 bits per heavy atom. The molecule has 2 saturated heterocycles. The Bertz CT molecular complexity index is 635. The van der Waals surface area contributed by atoms with Crippen LogP contribution in [0.3, 0.4) is 0 Å². The lowest BCUT2D eigenvalue weighted by Gasteiger charge is -2.32. The summed E-state index contributed by atoms with van der Waals surface area (Å²) in [6, 6.07) is 2.61. The van der Waals surface area contributed by atoms with E-state index in [1.165, 1.54) is 12.1 Å². The molecular formula is C18H22F2N2O3. The molecule has 25 heavy (non-hydrogen) atoms.